The van der Waals surface area contributed by atoms with Gasteiger partial charge in [0.2, 0.25) is 0 Å². The number of carbonyl (C=O) groups excluding carboxylic acids is 1. The largest absolute Gasteiger partial charge is 0.366 e. The van der Waals surface area contributed by atoms with Crippen molar-refractivity contribution >= 4 is 11.7 Å². The summed E-state index contributed by atoms with van der Waals surface area (Å²) in [6.07, 6.45) is 0. The molecule has 1 heterocycles. The molecule has 1 aromatic carbocycles. The molecule has 27 heavy (non-hydrogen) atoms. The molecule has 0 spiro atoms. The first kappa shape index (κ1) is 20.9. The second-order valence-corrected chi connectivity index (χ2v) is 9.21. The van der Waals surface area contributed by atoms with Gasteiger partial charge in [0.25, 0.3) is 5.91 Å². The Labute approximate surface area is 163 Å². The summed E-state index contributed by atoms with van der Waals surface area (Å²) in [5.41, 5.74) is 2.64. The zero-order chi connectivity index (χ0) is 20.4. The van der Waals surface area contributed by atoms with Crippen LogP contribution >= 0.6 is 0 Å². The van der Waals surface area contributed by atoms with Crippen LogP contribution in [0.3, 0.4) is 0 Å². The van der Waals surface area contributed by atoms with Gasteiger partial charge in [-0.3, -0.25) is 4.79 Å². The van der Waals surface area contributed by atoms with Gasteiger partial charge in [0.1, 0.15) is 11.6 Å². The van der Waals surface area contributed by atoms with E-state index in [0.717, 1.165) is 22.9 Å². The summed E-state index contributed by atoms with van der Waals surface area (Å²) in [5, 5.41) is 3.41. The van der Waals surface area contributed by atoms with Crippen molar-refractivity contribution in [2.24, 2.45) is 0 Å². The summed E-state index contributed by atoms with van der Waals surface area (Å²) in [5.74, 6) is 1.67. The number of nitrogens with one attached hydrogen (secondary N) is 1. The number of benzene rings is 1. The van der Waals surface area contributed by atoms with E-state index in [0.29, 0.717) is 12.1 Å². The van der Waals surface area contributed by atoms with Crippen LogP contribution < -0.4 is 5.32 Å². The Bertz CT molecular complexity index is 764. The van der Waals surface area contributed by atoms with Crippen molar-refractivity contribution < 1.29 is 4.79 Å². The van der Waals surface area contributed by atoms with Gasteiger partial charge < -0.3 is 10.2 Å². The average Bonchev–Trinajstić information content (AvgIpc) is 2.58. The normalized spacial score (nSPS) is 12.0. The highest BCUT2D eigenvalue weighted by atomic mass is 16.2. The van der Waals surface area contributed by atoms with Crippen molar-refractivity contribution in [3.8, 4) is 0 Å². The van der Waals surface area contributed by atoms with Gasteiger partial charge in [0.05, 0.1) is 5.69 Å². The Balaban J connectivity index is 2.21. The van der Waals surface area contributed by atoms with Crippen molar-refractivity contribution in [1.82, 2.24) is 14.9 Å². The quantitative estimate of drug-likeness (QED) is 0.870. The van der Waals surface area contributed by atoms with E-state index in [1.165, 1.54) is 0 Å². The SMILES string of the molecule is CN(C)C(=O)c1ccc(CNc2cc(C(C)(C)C)nc(C(C)(C)C)n2)cc1. The first-order valence-corrected chi connectivity index (χ1v) is 9.32. The molecule has 0 unspecified atom stereocenters. The zero-order valence-corrected chi connectivity index (χ0v) is 17.8. The Kier molecular flexibility index (Phi) is 5.93. The highest BCUT2D eigenvalue weighted by Gasteiger charge is 2.23. The van der Waals surface area contributed by atoms with Gasteiger partial charge in [-0.1, -0.05) is 53.7 Å². The fourth-order valence-corrected chi connectivity index (χ4v) is 2.47. The first-order valence-electron chi connectivity index (χ1n) is 9.32. The maximum absolute atomic E-state index is 12.0. The fraction of sp³-hybridized carbons (Fsp3) is 0.500. The van der Waals surface area contributed by atoms with E-state index in [1.54, 1.807) is 19.0 Å². The summed E-state index contributed by atoms with van der Waals surface area (Å²) < 4.78 is 0. The smallest absolute Gasteiger partial charge is 0.253 e. The number of nitrogens with zero attached hydrogens (tertiary/aromatic N) is 3. The van der Waals surface area contributed by atoms with E-state index in [2.05, 4.69) is 46.9 Å². The average molecular weight is 369 g/mol. The van der Waals surface area contributed by atoms with Crippen LogP contribution in [-0.4, -0.2) is 34.9 Å². The molecule has 146 valence electrons. The van der Waals surface area contributed by atoms with Crippen LogP contribution in [0.5, 0.6) is 0 Å². The maximum Gasteiger partial charge on any atom is 0.253 e. The van der Waals surface area contributed by atoms with Gasteiger partial charge in [-0.05, 0) is 17.7 Å². The monoisotopic (exact) mass is 368 g/mol. The van der Waals surface area contributed by atoms with Crippen molar-refractivity contribution in [2.75, 3.05) is 19.4 Å². The number of amides is 1. The maximum atomic E-state index is 12.0. The number of hydrogen-bond acceptors (Lipinski definition) is 4. The van der Waals surface area contributed by atoms with E-state index < -0.39 is 0 Å². The zero-order valence-electron chi connectivity index (χ0n) is 17.8. The molecule has 0 atom stereocenters. The summed E-state index contributed by atoms with van der Waals surface area (Å²) >= 11 is 0. The minimum absolute atomic E-state index is 0.00921. The van der Waals surface area contributed by atoms with Crippen LogP contribution in [0.1, 0.15) is 69.0 Å². The Morgan fingerprint density at radius 1 is 0.963 bits per heavy atom. The third-order valence-corrected chi connectivity index (χ3v) is 4.25. The van der Waals surface area contributed by atoms with Crippen LogP contribution in [0, 0.1) is 0 Å². The van der Waals surface area contributed by atoms with E-state index in [-0.39, 0.29) is 16.7 Å². The molecule has 2 rings (SSSR count). The van der Waals surface area contributed by atoms with Crippen LogP contribution in [0.15, 0.2) is 30.3 Å². The van der Waals surface area contributed by atoms with Gasteiger partial charge in [0, 0.05) is 43.1 Å². The number of rotatable bonds is 4. The summed E-state index contributed by atoms with van der Waals surface area (Å²) in [6, 6.07) is 9.70. The minimum Gasteiger partial charge on any atom is -0.366 e. The molecule has 5 nitrogen and oxygen atoms in total. The van der Waals surface area contributed by atoms with E-state index in [1.807, 2.05) is 30.3 Å². The molecule has 5 heteroatoms. The van der Waals surface area contributed by atoms with Gasteiger partial charge in [-0.15, -0.1) is 0 Å². The van der Waals surface area contributed by atoms with Crippen LogP contribution in [0.2, 0.25) is 0 Å². The number of anilines is 1. The van der Waals surface area contributed by atoms with E-state index in [9.17, 15) is 4.79 Å². The second kappa shape index (κ2) is 7.67. The summed E-state index contributed by atoms with van der Waals surface area (Å²) in [6.45, 7) is 13.5. The predicted molar refractivity (Wildman–Crippen MR) is 111 cm³/mol. The highest BCUT2D eigenvalue weighted by molar-refractivity contribution is 5.93. The highest BCUT2D eigenvalue weighted by Crippen LogP contribution is 2.27. The third-order valence-electron chi connectivity index (χ3n) is 4.25. The van der Waals surface area contributed by atoms with Crippen molar-refractivity contribution in [3.05, 3.63) is 53.0 Å². The molecule has 2 aromatic rings. The van der Waals surface area contributed by atoms with Crippen molar-refractivity contribution in [1.29, 1.82) is 0 Å². The topological polar surface area (TPSA) is 58.1 Å². The summed E-state index contributed by atoms with van der Waals surface area (Å²) in [7, 11) is 3.51. The Morgan fingerprint density at radius 3 is 2.04 bits per heavy atom. The van der Waals surface area contributed by atoms with Crippen LogP contribution in [0.25, 0.3) is 0 Å². The lowest BCUT2D eigenvalue weighted by molar-refractivity contribution is 0.0827. The Morgan fingerprint density at radius 2 is 1.56 bits per heavy atom. The molecule has 0 aliphatic carbocycles. The molecule has 0 bridgehead atoms. The molecule has 1 N–H and O–H groups in total. The molecule has 0 radical (unpaired) electrons. The first-order chi connectivity index (χ1) is 12.4. The molecule has 0 aliphatic heterocycles. The van der Waals surface area contributed by atoms with Gasteiger partial charge in [-0.25, -0.2) is 9.97 Å². The lowest BCUT2D eigenvalue weighted by Gasteiger charge is -2.24. The van der Waals surface area contributed by atoms with E-state index in [4.69, 9.17) is 9.97 Å². The van der Waals surface area contributed by atoms with Crippen molar-refractivity contribution in [2.45, 2.75) is 58.9 Å². The fourth-order valence-electron chi connectivity index (χ4n) is 2.47. The van der Waals surface area contributed by atoms with Gasteiger partial charge >= 0.3 is 0 Å². The molecule has 0 fully saturated rings. The molecule has 0 saturated carbocycles. The van der Waals surface area contributed by atoms with Gasteiger partial charge in [0.15, 0.2) is 0 Å². The van der Waals surface area contributed by atoms with Gasteiger partial charge in [-0.2, -0.15) is 0 Å². The Hall–Kier alpha value is -2.43. The second-order valence-electron chi connectivity index (χ2n) is 9.21. The number of carbonyl (C=O) groups is 1. The lowest BCUT2D eigenvalue weighted by Crippen LogP contribution is -2.22. The predicted octanol–water partition coefficient (Wildman–Crippen LogP) is 4.39. The minimum atomic E-state index is -0.119. The molecule has 0 saturated heterocycles. The van der Waals surface area contributed by atoms with Crippen LogP contribution in [-0.2, 0) is 17.4 Å². The lowest BCUT2D eigenvalue weighted by atomic mass is 9.90. The summed E-state index contributed by atoms with van der Waals surface area (Å²) in [4.78, 5) is 23.1. The number of hydrogen-bond donors (Lipinski definition) is 1. The molecular formula is C22H32N4O. The van der Waals surface area contributed by atoms with Crippen LogP contribution in [0.4, 0.5) is 5.82 Å². The molecular weight excluding hydrogens is 336 g/mol. The van der Waals surface area contributed by atoms with Crippen molar-refractivity contribution in [3.63, 3.8) is 0 Å². The standard InChI is InChI=1S/C22H32N4O/c1-21(2,3)17-13-18(25-20(24-17)22(4,5)6)23-14-15-9-11-16(12-10-15)19(27)26(7)8/h9-13H,14H2,1-8H3,(H,23,24,25). The molecule has 0 aliphatic rings. The molecule has 1 aromatic heterocycles. The third kappa shape index (κ3) is 5.52. The number of aromatic nitrogens is 2. The molecule has 1 amide bonds. The van der Waals surface area contributed by atoms with E-state index >= 15 is 0 Å².